The maximum Gasteiger partial charge on any atom is 0.225 e. The molecule has 5 nitrogen and oxygen atoms in total. The lowest BCUT2D eigenvalue weighted by Crippen LogP contribution is -2.42. The third-order valence-corrected chi connectivity index (χ3v) is 5.95. The summed E-state index contributed by atoms with van der Waals surface area (Å²) in [4.78, 5) is 26.7. The minimum absolute atomic E-state index is 0.281. The molecule has 0 N–H and O–H groups in total. The summed E-state index contributed by atoms with van der Waals surface area (Å²) in [7, 11) is 2.14. The van der Waals surface area contributed by atoms with Crippen LogP contribution in [-0.2, 0) is 17.8 Å². The molecule has 4 rings (SSSR count). The summed E-state index contributed by atoms with van der Waals surface area (Å²) in [6, 6.07) is 0. The fourth-order valence-corrected chi connectivity index (χ4v) is 4.49. The van der Waals surface area contributed by atoms with Crippen molar-refractivity contribution in [2.45, 2.75) is 57.4 Å². The normalized spacial score (nSPS) is 25.7. The minimum Gasteiger partial charge on any atom is -0.342 e. The van der Waals surface area contributed by atoms with Crippen LogP contribution in [0.25, 0.3) is 0 Å². The summed E-state index contributed by atoms with van der Waals surface area (Å²) >= 11 is 0. The molecule has 0 radical (unpaired) electrons. The van der Waals surface area contributed by atoms with Crippen LogP contribution in [0.2, 0.25) is 0 Å². The maximum atomic E-state index is 12.7. The van der Waals surface area contributed by atoms with Crippen LogP contribution in [0.1, 0.15) is 61.5 Å². The molecular weight excluding hydrogens is 300 g/mol. The van der Waals surface area contributed by atoms with Gasteiger partial charge in [0.1, 0.15) is 5.82 Å². The zero-order valence-electron chi connectivity index (χ0n) is 14.7. The summed E-state index contributed by atoms with van der Waals surface area (Å²) in [5.41, 5.74) is 2.49. The lowest BCUT2D eigenvalue weighted by atomic mass is 9.95. The molecule has 0 spiro atoms. The molecule has 1 saturated heterocycles. The number of aromatic nitrogens is 2. The molecule has 3 aliphatic rings. The molecule has 130 valence electrons. The van der Waals surface area contributed by atoms with Gasteiger partial charge in [-0.05, 0) is 32.7 Å². The van der Waals surface area contributed by atoms with Gasteiger partial charge < -0.3 is 9.80 Å². The van der Waals surface area contributed by atoms with Gasteiger partial charge in [0.2, 0.25) is 5.91 Å². The molecule has 1 saturated carbocycles. The number of fused-ring (bicyclic) bond motifs is 1. The molecule has 3 heterocycles. The molecule has 1 amide bonds. The lowest BCUT2D eigenvalue weighted by molar-refractivity contribution is -0.136. The lowest BCUT2D eigenvalue weighted by Gasteiger charge is -2.34. The largest absolute Gasteiger partial charge is 0.342 e. The Morgan fingerprint density at radius 3 is 2.83 bits per heavy atom. The number of rotatable bonds is 2. The van der Waals surface area contributed by atoms with Crippen LogP contribution >= 0.6 is 0 Å². The zero-order chi connectivity index (χ0) is 16.5. The molecule has 1 aromatic heterocycles. The first-order valence-corrected chi connectivity index (χ1v) is 9.53. The standard InChI is InChI=1S/C19H28N4O/c1-22-10-8-17-16(12-22)11-20-18(21-17)15-7-4-9-23(13-15)19(24)14-5-2-3-6-14/h11,14-15H,2-10,12-13H2,1H3. The van der Waals surface area contributed by atoms with E-state index in [2.05, 4.69) is 21.8 Å². The number of hydrogen-bond donors (Lipinski definition) is 0. The number of nitrogens with zero attached hydrogens (tertiary/aromatic N) is 4. The van der Waals surface area contributed by atoms with Crippen LogP contribution in [0.15, 0.2) is 6.20 Å². The molecule has 0 aromatic carbocycles. The van der Waals surface area contributed by atoms with Crippen molar-refractivity contribution in [1.82, 2.24) is 19.8 Å². The molecule has 2 aliphatic heterocycles. The monoisotopic (exact) mass is 328 g/mol. The number of carbonyl (C=O) groups excluding carboxylic acids is 1. The van der Waals surface area contributed by atoms with Gasteiger partial charge in [-0.1, -0.05) is 12.8 Å². The van der Waals surface area contributed by atoms with Crippen LogP contribution in [0.5, 0.6) is 0 Å². The molecule has 1 atom stereocenters. The van der Waals surface area contributed by atoms with Crippen molar-refractivity contribution >= 4 is 5.91 Å². The average molecular weight is 328 g/mol. The summed E-state index contributed by atoms with van der Waals surface area (Å²) < 4.78 is 0. The molecule has 2 fully saturated rings. The second-order valence-electron chi connectivity index (χ2n) is 7.79. The van der Waals surface area contributed by atoms with Gasteiger partial charge in [-0.15, -0.1) is 0 Å². The maximum absolute atomic E-state index is 12.7. The summed E-state index contributed by atoms with van der Waals surface area (Å²) in [6.07, 6.45) is 9.82. The van der Waals surface area contributed by atoms with Crippen molar-refractivity contribution in [1.29, 1.82) is 0 Å². The van der Waals surface area contributed by atoms with Crippen molar-refractivity contribution in [3.8, 4) is 0 Å². The van der Waals surface area contributed by atoms with Crippen LogP contribution in [-0.4, -0.2) is 52.4 Å². The van der Waals surface area contributed by atoms with Gasteiger partial charge in [0.25, 0.3) is 0 Å². The van der Waals surface area contributed by atoms with E-state index >= 15 is 0 Å². The average Bonchev–Trinajstić information content (AvgIpc) is 3.15. The highest BCUT2D eigenvalue weighted by Crippen LogP contribution is 2.31. The Morgan fingerprint density at radius 1 is 1.17 bits per heavy atom. The molecule has 1 aliphatic carbocycles. The summed E-state index contributed by atoms with van der Waals surface area (Å²) in [6.45, 7) is 3.75. The van der Waals surface area contributed by atoms with E-state index in [1.807, 2.05) is 6.20 Å². The number of piperidine rings is 1. The number of carbonyl (C=O) groups is 1. The number of likely N-dealkylation sites (N-methyl/N-ethyl adjacent to an activating group) is 1. The van der Waals surface area contributed by atoms with Gasteiger partial charge in [-0.2, -0.15) is 0 Å². The first-order valence-electron chi connectivity index (χ1n) is 9.53. The van der Waals surface area contributed by atoms with E-state index in [4.69, 9.17) is 4.98 Å². The third-order valence-electron chi connectivity index (χ3n) is 5.95. The van der Waals surface area contributed by atoms with E-state index < -0.39 is 0 Å². The Labute approximate surface area is 144 Å². The second-order valence-corrected chi connectivity index (χ2v) is 7.79. The van der Waals surface area contributed by atoms with E-state index in [1.54, 1.807) is 0 Å². The van der Waals surface area contributed by atoms with E-state index in [0.29, 0.717) is 11.8 Å². The Hall–Kier alpha value is -1.49. The Bertz CT molecular complexity index is 611. The predicted molar refractivity (Wildman–Crippen MR) is 92.6 cm³/mol. The van der Waals surface area contributed by atoms with Crippen molar-refractivity contribution < 1.29 is 4.79 Å². The van der Waals surface area contributed by atoms with Gasteiger partial charge >= 0.3 is 0 Å². The Morgan fingerprint density at radius 2 is 2.00 bits per heavy atom. The van der Waals surface area contributed by atoms with Gasteiger partial charge in [0.05, 0.1) is 0 Å². The molecule has 5 heteroatoms. The molecular formula is C19H28N4O. The van der Waals surface area contributed by atoms with Crippen molar-refractivity contribution in [2.75, 3.05) is 26.7 Å². The predicted octanol–water partition coefficient (Wildman–Crippen LogP) is 2.36. The summed E-state index contributed by atoms with van der Waals surface area (Å²) in [5, 5.41) is 0. The van der Waals surface area contributed by atoms with Crippen molar-refractivity contribution in [2.24, 2.45) is 5.92 Å². The molecule has 0 bridgehead atoms. The first-order chi connectivity index (χ1) is 11.7. The first kappa shape index (κ1) is 16.0. The fraction of sp³-hybridized carbons (Fsp3) is 0.737. The fourth-order valence-electron chi connectivity index (χ4n) is 4.49. The van der Waals surface area contributed by atoms with Gasteiger partial charge in [-0.3, -0.25) is 4.79 Å². The van der Waals surface area contributed by atoms with E-state index in [9.17, 15) is 4.79 Å². The smallest absolute Gasteiger partial charge is 0.225 e. The third kappa shape index (κ3) is 3.18. The van der Waals surface area contributed by atoms with Gasteiger partial charge in [0, 0.05) is 61.9 Å². The van der Waals surface area contributed by atoms with E-state index in [0.717, 1.165) is 64.1 Å². The minimum atomic E-state index is 0.281. The van der Waals surface area contributed by atoms with Gasteiger partial charge in [-0.25, -0.2) is 9.97 Å². The van der Waals surface area contributed by atoms with Gasteiger partial charge in [0.15, 0.2) is 0 Å². The zero-order valence-corrected chi connectivity index (χ0v) is 14.7. The SMILES string of the molecule is CN1CCc2nc(C3CCCN(C(=O)C4CCCC4)C3)ncc2C1. The molecule has 1 aromatic rings. The Balaban J connectivity index is 1.47. The van der Waals surface area contributed by atoms with Crippen molar-refractivity contribution in [3.05, 3.63) is 23.3 Å². The number of hydrogen-bond acceptors (Lipinski definition) is 4. The highest BCUT2D eigenvalue weighted by Gasteiger charge is 2.32. The highest BCUT2D eigenvalue weighted by atomic mass is 16.2. The summed E-state index contributed by atoms with van der Waals surface area (Å²) in [5.74, 6) is 1.94. The molecule has 24 heavy (non-hydrogen) atoms. The number of likely N-dealkylation sites (tertiary alicyclic amines) is 1. The number of amides is 1. The highest BCUT2D eigenvalue weighted by molar-refractivity contribution is 5.79. The quantitative estimate of drug-likeness (QED) is 0.836. The second kappa shape index (κ2) is 6.79. The Kier molecular flexibility index (Phi) is 4.53. The van der Waals surface area contributed by atoms with Crippen LogP contribution in [0.3, 0.4) is 0 Å². The van der Waals surface area contributed by atoms with Crippen LogP contribution < -0.4 is 0 Å². The van der Waals surface area contributed by atoms with Crippen molar-refractivity contribution in [3.63, 3.8) is 0 Å². The van der Waals surface area contributed by atoms with E-state index in [1.165, 1.54) is 24.1 Å². The topological polar surface area (TPSA) is 49.3 Å². The van der Waals surface area contributed by atoms with E-state index in [-0.39, 0.29) is 5.92 Å². The molecule has 1 unspecified atom stereocenters. The van der Waals surface area contributed by atoms with Crippen LogP contribution in [0, 0.1) is 5.92 Å². The van der Waals surface area contributed by atoms with Crippen LogP contribution in [0.4, 0.5) is 0 Å².